The average Bonchev–Trinajstić information content (AvgIpc) is 2.39. The molecular weight excluding hydrogens is 212 g/mol. The van der Waals surface area contributed by atoms with Gasteiger partial charge in [-0.25, -0.2) is 0 Å². The van der Waals surface area contributed by atoms with Gasteiger partial charge in [0.25, 0.3) is 0 Å². The van der Waals surface area contributed by atoms with E-state index < -0.39 is 0 Å². The van der Waals surface area contributed by atoms with Crippen molar-refractivity contribution in [3.8, 4) is 11.8 Å². The van der Waals surface area contributed by atoms with Crippen molar-refractivity contribution in [2.45, 2.75) is 45.8 Å². The highest BCUT2D eigenvalue weighted by atomic mass is 16.5. The van der Waals surface area contributed by atoms with E-state index >= 15 is 0 Å². The lowest BCUT2D eigenvalue weighted by molar-refractivity contribution is -0.0439. The minimum Gasteiger partial charge on any atom is -0.374 e. The zero-order valence-corrected chi connectivity index (χ0v) is 11.5. The molecule has 0 spiro atoms. The van der Waals surface area contributed by atoms with Crippen LogP contribution in [0.2, 0.25) is 0 Å². The van der Waals surface area contributed by atoms with Crippen LogP contribution in [0.1, 0.15) is 33.6 Å². The van der Waals surface area contributed by atoms with Crippen LogP contribution in [0, 0.1) is 11.8 Å². The van der Waals surface area contributed by atoms with Gasteiger partial charge in [-0.3, -0.25) is 4.90 Å². The lowest BCUT2D eigenvalue weighted by atomic mass is 10.1. The Morgan fingerprint density at radius 2 is 2.29 bits per heavy atom. The summed E-state index contributed by atoms with van der Waals surface area (Å²) in [7, 11) is 0. The van der Waals surface area contributed by atoms with Crippen molar-refractivity contribution in [3.05, 3.63) is 0 Å². The molecule has 1 N–H and O–H groups in total. The van der Waals surface area contributed by atoms with Gasteiger partial charge in [0.1, 0.15) is 0 Å². The van der Waals surface area contributed by atoms with E-state index in [0.717, 1.165) is 45.6 Å². The molecule has 1 aliphatic rings. The molecule has 0 amide bonds. The van der Waals surface area contributed by atoms with Gasteiger partial charge < -0.3 is 10.1 Å². The zero-order valence-electron chi connectivity index (χ0n) is 11.5. The lowest BCUT2D eigenvalue weighted by Crippen LogP contribution is -2.52. The Kier molecular flexibility index (Phi) is 7.27. The standard InChI is InChI=1S/C14H26N2O/c1-4-7-8-13(15-9-5-2)14-12-16(6-3)10-11-17-14/h13-15H,5-6,8-12H2,1-3H3. The summed E-state index contributed by atoms with van der Waals surface area (Å²) in [6.45, 7) is 11.4. The third-order valence-corrected chi connectivity index (χ3v) is 3.23. The topological polar surface area (TPSA) is 24.5 Å². The van der Waals surface area contributed by atoms with Gasteiger partial charge in [-0.15, -0.1) is 11.8 Å². The summed E-state index contributed by atoms with van der Waals surface area (Å²) in [5.74, 6) is 6.16. The first-order valence-electron chi connectivity index (χ1n) is 6.78. The lowest BCUT2D eigenvalue weighted by Gasteiger charge is -2.36. The van der Waals surface area contributed by atoms with Crippen molar-refractivity contribution < 1.29 is 4.74 Å². The summed E-state index contributed by atoms with van der Waals surface area (Å²) in [4.78, 5) is 2.45. The predicted molar refractivity (Wildman–Crippen MR) is 72.0 cm³/mol. The Balaban J connectivity index is 2.50. The Morgan fingerprint density at radius 1 is 1.47 bits per heavy atom. The van der Waals surface area contributed by atoms with E-state index in [1.165, 1.54) is 0 Å². The van der Waals surface area contributed by atoms with Gasteiger partial charge in [0, 0.05) is 25.6 Å². The quantitative estimate of drug-likeness (QED) is 0.710. The van der Waals surface area contributed by atoms with Crippen molar-refractivity contribution in [2.24, 2.45) is 0 Å². The summed E-state index contributed by atoms with van der Waals surface area (Å²) in [6.07, 6.45) is 2.33. The van der Waals surface area contributed by atoms with Crippen LogP contribution < -0.4 is 5.32 Å². The number of likely N-dealkylation sites (N-methyl/N-ethyl adjacent to an activating group) is 1. The molecule has 0 aromatic rings. The molecule has 0 saturated carbocycles. The number of nitrogens with zero attached hydrogens (tertiary/aromatic N) is 1. The Labute approximate surface area is 106 Å². The van der Waals surface area contributed by atoms with Crippen LogP contribution in [0.15, 0.2) is 0 Å². The summed E-state index contributed by atoms with van der Waals surface area (Å²) in [5.41, 5.74) is 0. The van der Waals surface area contributed by atoms with Gasteiger partial charge in [-0.05, 0) is 26.4 Å². The van der Waals surface area contributed by atoms with E-state index in [-0.39, 0.29) is 6.10 Å². The number of hydrogen-bond donors (Lipinski definition) is 1. The molecule has 0 aromatic heterocycles. The molecule has 3 nitrogen and oxygen atoms in total. The monoisotopic (exact) mass is 238 g/mol. The van der Waals surface area contributed by atoms with Crippen molar-refractivity contribution in [1.82, 2.24) is 10.2 Å². The molecule has 0 aliphatic carbocycles. The number of nitrogens with one attached hydrogen (secondary N) is 1. The van der Waals surface area contributed by atoms with Gasteiger partial charge in [0.2, 0.25) is 0 Å². The van der Waals surface area contributed by atoms with Gasteiger partial charge >= 0.3 is 0 Å². The van der Waals surface area contributed by atoms with Crippen LogP contribution in [0.5, 0.6) is 0 Å². The molecule has 98 valence electrons. The summed E-state index contributed by atoms with van der Waals surface area (Å²) < 4.78 is 5.89. The highest BCUT2D eigenvalue weighted by molar-refractivity contribution is 5.00. The number of morpholine rings is 1. The third kappa shape index (κ3) is 5.08. The van der Waals surface area contributed by atoms with E-state index in [9.17, 15) is 0 Å². The highest BCUT2D eigenvalue weighted by Crippen LogP contribution is 2.11. The number of ether oxygens (including phenoxy) is 1. The maximum Gasteiger partial charge on any atom is 0.0864 e. The first-order chi connectivity index (χ1) is 8.31. The summed E-state index contributed by atoms with van der Waals surface area (Å²) in [5, 5.41) is 3.56. The second-order valence-corrected chi connectivity index (χ2v) is 4.49. The molecule has 1 fully saturated rings. The van der Waals surface area contributed by atoms with Crippen molar-refractivity contribution in [1.29, 1.82) is 0 Å². The Morgan fingerprint density at radius 3 is 2.94 bits per heavy atom. The normalized spacial score (nSPS) is 22.9. The molecule has 17 heavy (non-hydrogen) atoms. The molecule has 1 heterocycles. The van der Waals surface area contributed by atoms with Gasteiger partial charge in [0.05, 0.1) is 12.7 Å². The Bertz CT molecular complexity index is 257. The Hall–Kier alpha value is -0.560. The second kappa shape index (κ2) is 8.52. The minimum absolute atomic E-state index is 0.288. The maximum atomic E-state index is 5.89. The molecule has 3 heteroatoms. The second-order valence-electron chi connectivity index (χ2n) is 4.49. The van der Waals surface area contributed by atoms with Crippen molar-refractivity contribution >= 4 is 0 Å². The molecule has 1 aliphatic heterocycles. The van der Waals surface area contributed by atoms with E-state index in [1.807, 2.05) is 6.92 Å². The van der Waals surface area contributed by atoms with Crippen LogP contribution >= 0.6 is 0 Å². The molecule has 2 atom stereocenters. The van der Waals surface area contributed by atoms with E-state index in [1.54, 1.807) is 0 Å². The fourth-order valence-corrected chi connectivity index (χ4v) is 2.14. The fourth-order valence-electron chi connectivity index (χ4n) is 2.14. The molecule has 0 aromatic carbocycles. The van der Waals surface area contributed by atoms with Gasteiger partial charge in [0.15, 0.2) is 0 Å². The van der Waals surface area contributed by atoms with Crippen LogP contribution in [-0.2, 0) is 4.74 Å². The van der Waals surface area contributed by atoms with Crippen molar-refractivity contribution in [3.63, 3.8) is 0 Å². The van der Waals surface area contributed by atoms with Crippen LogP contribution in [-0.4, -0.2) is 49.8 Å². The molecule has 1 rings (SSSR count). The van der Waals surface area contributed by atoms with Crippen molar-refractivity contribution in [2.75, 3.05) is 32.8 Å². The van der Waals surface area contributed by atoms with Crippen LogP contribution in [0.25, 0.3) is 0 Å². The van der Waals surface area contributed by atoms with Crippen LogP contribution in [0.3, 0.4) is 0 Å². The van der Waals surface area contributed by atoms with Crippen LogP contribution in [0.4, 0.5) is 0 Å². The summed E-state index contributed by atoms with van der Waals surface area (Å²) in [6, 6.07) is 0.372. The molecular formula is C14H26N2O. The SMILES string of the molecule is CC#CCC(NCCC)C1CN(CC)CCO1. The molecule has 0 radical (unpaired) electrons. The first kappa shape index (κ1) is 14.5. The number of hydrogen-bond acceptors (Lipinski definition) is 3. The third-order valence-electron chi connectivity index (χ3n) is 3.23. The van der Waals surface area contributed by atoms with Gasteiger partial charge in [-0.1, -0.05) is 13.8 Å². The minimum atomic E-state index is 0.288. The molecule has 2 unspecified atom stereocenters. The predicted octanol–water partition coefficient (Wildman–Crippen LogP) is 1.49. The summed E-state index contributed by atoms with van der Waals surface area (Å²) >= 11 is 0. The largest absolute Gasteiger partial charge is 0.374 e. The van der Waals surface area contributed by atoms with Gasteiger partial charge in [-0.2, -0.15) is 0 Å². The van der Waals surface area contributed by atoms with E-state index in [2.05, 4.69) is 35.9 Å². The molecule has 1 saturated heterocycles. The zero-order chi connectivity index (χ0) is 12.5. The maximum absolute atomic E-state index is 5.89. The fraction of sp³-hybridized carbons (Fsp3) is 0.857. The van der Waals surface area contributed by atoms with E-state index in [4.69, 9.17) is 4.74 Å². The molecule has 0 bridgehead atoms. The highest BCUT2D eigenvalue weighted by Gasteiger charge is 2.26. The average molecular weight is 238 g/mol. The first-order valence-corrected chi connectivity index (χ1v) is 6.78. The number of rotatable bonds is 6. The smallest absolute Gasteiger partial charge is 0.0864 e. The van der Waals surface area contributed by atoms with E-state index in [0.29, 0.717) is 6.04 Å².